The first-order valence-electron chi connectivity index (χ1n) is 5.99. The summed E-state index contributed by atoms with van der Waals surface area (Å²) in [7, 11) is -3.81. The number of aryl methyl sites for hydroxylation is 1. The molecule has 0 saturated heterocycles. The maximum Gasteiger partial charge on any atom is 0.251 e. The number of carbonyl (C=O) groups excluding carboxylic acids is 1. The van der Waals surface area contributed by atoms with Gasteiger partial charge in [-0.2, -0.15) is 0 Å². The van der Waals surface area contributed by atoms with E-state index in [1.807, 2.05) is 0 Å². The Morgan fingerprint density at radius 1 is 1.37 bits per heavy atom. The summed E-state index contributed by atoms with van der Waals surface area (Å²) < 4.78 is 22.6. The first-order valence-corrected chi connectivity index (χ1v) is 7.53. The van der Waals surface area contributed by atoms with Crippen molar-refractivity contribution in [2.45, 2.75) is 36.7 Å². The summed E-state index contributed by atoms with van der Waals surface area (Å²) in [6.07, 6.45) is 1.74. The molecular weight excluding hydrogens is 266 g/mol. The van der Waals surface area contributed by atoms with Gasteiger partial charge in [0.1, 0.15) is 0 Å². The van der Waals surface area contributed by atoms with E-state index in [4.69, 9.17) is 10.9 Å². The molecule has 2 atom stereocenters. The Hall–Kier alpha value is -1.44. The maximum atomic E-state index is 12.1. The Labute approximate surface area is 112 Å². The zero-order chi connectivity index (χ0) is 14.2. The van der Waals surface area contributed by atoms with E-state index in [0.717, 1.165) is 12.8 Å². The Kier molecular flexibility index (Phi) is 3.62. The van der Waals surface area contributed by atoms with E-state index in [0.29, 0.717) is 11.1 Å². The highest BCUT2D eigenvalue weighted by atomic mass is 32.2. The third-order valence-electron chi connectivity index (χ3n) is 3.43. The lowest BCUT2D eigenvalue weighted by Crippen LogP contribution is -2.54. The number of benzene rings is 1. The van der Waals surface area contributed by atoms with Crippen LogP contribution in [0.3, 0.4) is 0 Å². The normalized spacial score (nSPS) is 22.7. The van der Waals surface area contributed by atoms with Gasteiger partial charge in [0, 0.05) is 17.6 Å². The van der Waals surface area contributed by atoms with Gasteiger partial charge in [-0.05, 0) is 37.5 Å². The van der Waals surface area contributed by atoms with Crippen molar-refractivity contribution < 1.29 is 13.2 Å². The summed E-state index contributed by atoms with van der Waals surface area (Å²) in [5, 5.41) is 7.86. The fourth-order valence-corrected chi connectivity index (χ4v) is 2.51. The molecule has 0 aromatic heterocycles. The SMILES string of the molecule is Cc1ccc(S(N)(=O)=O)cc1C(=O)N[C@@H]1CC[C@@H]1N. The van der Waals surface area contributed by atoms with Crippen molar-refractivity contribution in [1.29, 1.82) is 0 Å². The van der Waals surface area contributed by atoms with E-state index in [1.165, 1.54) is 12.1 Å². The van der Waals surface area contributed by atoms with Crippen molar-refractivity contribution in [2.24, 2.45) is 10.9 Å². The van der Waals surface area contributed by atoms with Crippen LogP contribution in [0.15, 0.2) is 23.1 Å². The van der Waals surface area contributed by atoms with Gasteiger partial charge in [-0.25, -0.2) is 13.6 Å². The summed E-state index contributed by atoms with van der Waals surface area (Å²) in [5.74, 6) is -0.317. The fraction of sp³-hybridized carbons (Fsp3) is 0.417. The molecule has 1 aliphatic carbocycles. The number of hydrogen-bond acceptors (Lipinski definition) is 4. The highest BCUT2D eigenvalue weighted by Crippen LogP contribution is 2.19. The Morgan fingerprint density at radius 3 is 2.53 bits per heavy atom. The molecule has 1 aromatic rings. The van der Waals surface area contributed by atoms with Crippen LogP contribution in [0.25, 0.3) is 0 Å². The minimum Gasteiger partial charge on any atom is -0.348 e. The second kappa shape index (κ2) is 4.92. The number of rotatable bonds is 3. The van der Waals surface area contributed by atoms with Gasteiger partial charge in [0.2, 0.25) is 10.0 Å². The number of amides is 1. The molecule has 0 heterocycles. The average Bonchev–Trinajstić information content (AvgIpc) is 2.33. The average molecular weight is 283 g/mol. The zero-order valence-electron chi connectivity index (χ0n) is 10.6. The topological polar surface area (TPSA) is 115 Å². The van der Waals surface area contributed by atoms with E-state index in [9.17, 15) is 13.2 Å². The van der Waals surface area contributed by atoms with Crippen LogP contribution in [0.4, 0.5) is 0 Å². The van der Waals surface area contributed by atoms with E-state index in [-0.39, 0.29) is 22.9 Å². The Bertz CT molecular complexity index is 613. The molecule has 2 rings (SSSR count). The molecule has 1 amide bonds. The number of primary sulfonamides is 1. The van der Waals surface area contributed by atoms with E-state index >= 15 is 0 Å². The summed E-state index contributed by atoms with van der Waals surface area (Å²) in [6, 6.07) is 4.19. The fourth-order valence-electron chi connectivity index (χ4n) is 1.97. The van der Waals surface area contributed by atoms with Crippen molar-refractivity contribution in [3.8, 4) is 0 Å². The van der Waals surface area contributed by atoms with E-state index in [1.54, 1.807) is 13.0 Å². The molecular formula is C12H17N3O3S. The van der Waals surface area contributed by atoms with Crippen LogP contribution in [0, 0.1) is 6.92 Å². The molecule has 0 spiro atoms. The standard InChI is InChI=1S/C12H17N3O3S/c1-7-2-3-8(19(14,17)18)6-9(7)12(16)15-11-5-4-10(11)13/h2-3,6,10-11H,4-5,13H2,1H3,(H,15,16)(H2,14,17,18)/t10-,11+/m0/s1. The van der Waals surface area contributed by atoms with Gasteiger partial charge in [0.25, 0.3) is 5.91 Å². The largest absolute Gasteiger partial charge is 0.348 e. The van der Waals surface area contributed by atoms with Crippen molar-refractivity contribution in [3.63, 3.8) is 0 Å². The zero-order valence-corrected chi connectivity index (χ0v) is 11.4. The first-order chi connectivity index (χ1) is 8.79. The van der Waals surface area contributed by atoms with Crippen LogP contribution in [0.2, 0.25) is 0 Å². The van der Waals surface area contributed by atoms with Gasteiger partial charge in [-0.1, -0.05) is 6.07 Å². The number of nitrogens with one attached hydrogen (secondary N) is 1. The molecule has 0 unspecified atom stereocenters. The molecule has 1 saturated carbocycles. The number of nitrogens with two attached hydrogens (primary N) is 2. The summed E-state index contributed by atoms with van der Waals surface area (Å²) in [6.45, 7) is 1.74. The van der Waals surface area contributed by atoms with Gasteiger partial charge >= 0.3 is 0 Å². The van der Waals surface area contributed by atoms with Gasteiger partial charge in [-0.15, -0.1) is 0 Å². The maximum absolute atomic E-state index is 12.1. The van der Waals surface area contributed by atoms with Gasteiger partial charge in [0.15, 0.2) is 0 Å². The number of sulfonamides is 1. The lowest BCUT2D eigenvalue weighted by Gasteiger charge is -2.34. The first kappa shape index (κ1) is 14.0. The molecule has 7 heteroatoms. The summed E-state index contributed by atoms with van der Waals surface area (Å²) in [4.78, 5) is 12.0. The third kappa shape index (κ3) is 2.94. The van der Waals surface area contributed by atoms with Crippen molar-refractivity contribution >= 4 is 15.9 Å². The van der Waals surface area contributed by atoms with Crippen molar-refractivity contribution in [2.75, 3.05) is 0 Å². The van der Waals surface area contributed by atoms with Crippen LogP contribution in [-0.2, 0) is 10.0 Å². The smallest absolute Gasteiger partial charge is 0.251 e. The molecule has 6 nitrogen and oxygen atoms in total. The van der Waals surface area contributed by atoms with Crippen LogP contribution >= 0.6 is 0 Å². The van der Waals surface area contributed by atoms with Crippen LogP contribution in [0.1, 0.15) is 28.8 Å². The Balaban J connectivity index is 2.25. The molecule has 0 bridgehead atoms. The number of carbonyl (C=O) groups is 1. The highest BCUT2D eigenvalue weighted by molar-refractivity contribution is 7.89. The Morgan fingerprint density at radius 2 is 2.05 bits per heavy atom. The van der Waals surface area contributed by atoms with Gasteiger partial charge in [-0.3, -0.25) is 4.79 Å². The molecule has 5 N–H and O–H groups in total. The lowest BCUT2D eigenvalue weighted by atomic mass is 9.87. The third-order valence-corrected chi connectivity index (χ3v) is 4.34. The monoisotopic (exact) mass is 283 g/mol. The van der Waals surface area contributed by atoms with Crippen LogP contribution < -0.4 is 16.2 Å². The van der Waals surface area contributed by atoms with Gasteiger partial charge < -0.3 is 11.1 Å². The van der Waals surface area contributed by atoms with Crippen molar-refractivity contribution in [1.82, 2.24) is 5.32 Å². The minimum absolute atomic E-state index is 0.0225. The molecule has 1 fully saturated rings. The van der Waals surface area contributed by atoms with Gasteiger partial charge in [0.05, 0.1) is 4.90 Å². The minimum atomic E-state index is -3.81. The second-order valence-corrected chi connectivity index (χ2v) is 6.40. The second-order valence-electron chi connectivity index (χ2n) is 4.84. The van der Waals surface area contributed by atoms with Crippen LogP contribution in [0.5, 0.6) is 0 Å². The van der Waals surface area contributed by atoms with E-state index in [2.05, 4.69) is 5.32 Å². The van der Waals surface area contributed by atoms with E-state index < -0.39 is 10.0 Å². The number of hydrogen-bond donors (Lipinski definition) is 3. The lowest BCUT2D eigenvalue weighted by molar-refractivity contribution is 0.0905. The predicted octanol–water partition coefficient (Wildman–Crippen LogP) is -0.138. The quantitative estimate of drug-likeness (QED) is 0.716. The molecule has 1 aromatic carbocycles. The molecule has 0 radical (unpaired) electrons. The predicted molar refractivity (Wildman–Crippen MR) is 71.0 cm³/mol. The molecule has 0 aliphatic heterocycles. The molecule has 1 aliphatic rings. The molecule has 104 valence electrons. The van der Waals surface area contributed by atoms with Crippen molar-refractivity contribution in [3.05, 3.63) is 29.3 Å². The highest BCUT2D eigenvalue weighted by Gasteiger charge is 2.29. The molecule has 19 heavy (non-hydrogen) atoms. The summed E-state index contributed by atoms with van der Waals surface area (Å²) >= 11 is 0. The summed E-state index contributed by atoms with van der Waals surface area (Å²) in [5.41, 5.74) is 6.76. The van der Waals surface area contributed by atoms with Crippen LogP contribution in [-0.4, -0.2) is 26.4 Å².